The molecule has 1 unspecified atom stereocenters. The smallest absolute Gasteiger partial charge is 0.125 e. The van der Waals surface area contributed by atoms with Crippen LogP contribution in [0.5, 0.6) is 5.75 Å². The highest BCUT2D eigenvalue weighted by atomic mass is 16.5. The molecule has 0 radical (unpaired) electrons. The summed E-state index contributed by atoms with van der Waals surface area (Å²) in [4.78, 5) is 0. The molecule has 0 bridgehead atoms. The first-order valence-corrected chi connectivity index (χ1v) is 5.41. The third-order valence-corrected chi connectivity index (χ3v) is 2.89. The maximum absolute atomic E-state index is 10.7. The van der Waals surface area contributed by atoms with Gasteiger partial charge in [-0.2, -0.15) is 0 Å². The van der Waals surface area contributed by atoms with Crippen molar-refractivity contribution >= 4 is 0 Å². The van der Waals surface area contributed by atoms with Gasteiger partial charge in [-0.15, -0.1) is 0 Å². The van der Waals surface area contributed by atoms with Gasteiger partial charge in [-0.05, 0) is 12.0 Å². The van der Waals surface area contributed by atoms with Gasteiger partial charge < -0.3 is 14.6 Å². The van der Waals surface area contributed by atoms with Gasteiger partial charge in [0.2, 0.25) is 0 Å². The Kier molecular flexibility index (Phi) is 4.33. The van der Waals surface area contributed by atoms with Gasteiger partial charge in [-0.1, -0.05) is 32.0 Å². The van der Waals surface area contributed by atoms with E-state index in [4.69, 9.17) is 9.47 Å². The van der Waals surface area contributed by atoms with Crippen LogP contribution in [0, 0.1) is 5.92 Å². The van der Waals surface area contributed by atoms with Gasteiger partial charge in [-0.25, -0.2) is 0 Å². The molecule has 0 aromatic heterocycles. The molecular formula is C13H20O3. The van der Waals surface area contributed by atoms with Crippen molar-refractivity contribution in [1.82, 2.24) is 0 Å². The number of ether oxygens (including phenoxy) is 2. The average molecular weight is 224 g/mol. The molecule has 0 saturated carbocycles. The second-order valence-electron chi connectivity index (χ2n) is 4.21. The van der Waals surface area contributed by atoms with E-state index in [0.717, 1.165) is 5.56 Å². The molecule has 0 fully saturated rings. The molecule has 0 amide bonds. The van der Waals surface area contributed by atoms with Crippen molar-refractivity contribution in [3.63, 3.8) is 0 Å². The van der Waals surface area contributed by atoms with Crippen LogP contribution in [-0.4, -0.2) is 25.9 Å². The van der Waals surface area contributed by atoms with Gasteiger partial charge in [0, 0.05) is 12.7 Å². The van der Waals surface area contributed by atoms with E-state index in [9.17, 15) is 5.11 Å². The highest BCUT2D eigenvalue weighted by Crippen LogP contribution is 2.35. The minimum Gasteiger partial charge on any atom is -0.496 e. The van der Waals surface area contributed by atoms with E-state index in [1.165, 1.54) is 0 Å². The molecular weight excluding hydrogens is 204 g/mol. The third-order valence-electron chi connectivity index (χ3n) is 2.89. The molecule has 1 aromatic carbocycles. The van der Waals surface area contributed by atoms with Crippen molar-refractivity contribution in [2.45, 2.75) is 19.4 Å². The molecule has 1 N–H and O–H groups in total. The Hall–Kier alpha value is -1.06. The first kappa shape index (κ1) is 13.0. The summed E-state index contributed by atoms with van der Waals surface area (Å²) in [7, 11) is 3.19. The van der Waals surface area contributed by atoms with Crippen LogP contribution in [0.25, 0.3) is 0 Å². The molecule has 0 aliphatic heterocycles. The van der Waals surface area contributed by atoms with Crippen molar-refractivity contribution < 1.29 is 14.6 Å². The van der Waals surface area contributed by atoms with E-state index in [1.54, 1.807) is 14.2 Å². The van der Waals surface area contributed by atoms with Crippen LogP contribution in [0.4, 0.5) is 0 Å². The highest BCUT2D eigenvalue weighted by molar-refractivity contribution is 5.38. The molecule has 90 valence electrons. The summed E-state index contributed by atoms with van der Waals surface area (Å²) >= 11 is 0. The first-order chi connectivity index (χ1) is 7.56. The molecule has 1 atom stereocenters. The lowest BCUT2D eigenvalue weighted by Gasteiger charge is -2.33. The van der Waals surface area contributed by atoms with E-state index < -0.39 is 5.60 Å². The second kappa shape index (κ2) is 5.32. The summed E-state index contributed by atoms with van der Waals surface area (Å²) in [5.41, 5.74) is -0.240. The van der Waals surface area contributed by atoms with Gasteiger partial charge in [-0.3, -0.25) is 0 Å². The van der Waals surface area contributed by atoms with Gasteiger partial charge >= 0.3 is 0 Å². The number of aliphatic hydroxyl groups is 1. The Morgan fingerprint density at radius 3 is 2.38 bits per heavy atom. The Morgan fingerprint density at radius 2 is 1.88 bits per heavy atom. The first-order valence-electron chi connectivity index (χ1n) is 5.41. The Balaban J connectivity index is 3.20. The van der Waals surface area contributed by atoms with Crippen LogP contribution in [0.2, 0.25) is 0 Å². The largest absolute Gasteiger partial charge is 0.496 e. The maximum Gasteiger partial charge on any atom is 0.125 e. The van der Waals surface area contributed by atoms with Crippen molar-refractivity contribution in [2.75, 3.05) is 20.8 Å². The Labute approximate surface area is 97.0 Å². The van der Waals surface area contributed by atoms with Gasteiger partial charge in [0.25, 0.3) is 0 Å². The average Bonchev–Trinajstić information content (AvgIpc) is 2.29. The van der Waals surface area contributed by atoms with Gasteiger partial charge in [0.05, 0.1) is 13.7 Å². The van der Waals surface area contributed by atoms with Crippen LogP contribution in [0.15, 0.2) is 24.3 Å². The van der Waals surface area contributed by atoms with Crippen molar-refractivity contribution in [3.05, 3.63) is 29.8 Å². The van der Waals surface area contributed by atoms with E-state index in [0.29, 0.717) is 5.75 Å². The fourth-order valence-corrected chi connectivity index (χ4v) is 1.78. The summed E-state index contributed by atoms with van der Waals surface area (Å²) in [6.07, 6.45) is 0. The minimum absolute atomic E-state index is 0.0451. The maximum atomic E-state index is 10.7. The van der Waals surface area contributed by atoms with E-state index >= 15 is 0 Å². The number of rotatable bonds is 5. The summed E-state index contributed by atoms with van der Waals surface area (Å²) in [5.74, 6) is 0.736. The Morgan fingerprint density at radius 1 is 1.25 bits per heavy atom. The van der Waals surface area contributed by atoms with Gasteiger partial charge in [0.15, 0.2) is 0 Å². The SMILES string of the molecule is COCC(O)(c1ccccc1OC)C(C)C. The third kappa shape index (κ3) is 2.36. The molecule has 3 heteroatoms. The lowest BCUT2D eigenvalue weighted by atomic mass is 9.83. The van der Waals surface area contributed by atoms with Crippen molar-refractivity contribution in [1.29, 1.82) is 0 Å². The second-order valence-corrected chi connectivity index (χ2v) is 4.21. The molecule has 0 heterocycles. The Bertz CT molecular complexity index is 336. The lowest BCUT2D eigenvalue weighted by molar-refractivity contribution is -0.0712. The van der Waals surface area contributed by atoms with Gasteiger partial charge in [0.1, 0.15) is 11.4 Å². The van der Waals surface area contributed by atoms with Crippen molar-refractivity contribution in [3.8, 4) is 5.75 Å². The predicted octanol–water partition coefficient (Wildman–Crippen LogP) is 2.19. The molecule has 16 heavy (non-hydrogen) atoms. The number of benzene rings is 1. The normalized spacial score (nSPS) is 14.9. The molecule has 1 aromatic rings. The summed E-state index contributed by atoms with van der Waals surface area (Å²) in [5, 5.41) is 10.7. The fraction of sp³-hybridized carbons (Fsp3) is 0.538. The molecule has 1 rings (SSSR count). The van der Waals surface area contributed by atoms with Crippen LogP contribution in [0.3, 0.4) is 0 Å². The highest BCUT2D eigenvalue weighted by Gasteiger charge is 2.35. The number of para-hydroxylation sites is 1. The minimum atomic E-state index is -1.01. The monoisotopic (exact) mass is 224 g/mol. The zero-order valence-corrected chi connectivity index (χ0v) is 10.4. The van der Waals surface area contributed by atoms with Crippen LogP contribution >= 0.6 is 0 Å². The van der Waals surface area contributed by atoms with Crippen LogP contribution < -0.4 is 4.74 Å². The number of methoxy groups -OCH3 is 2. The zero-order chi connectivity index (χ0) is 12.2. The molecule has 0 spiro atoms. The molecule has 3 nitrogen and oxygen atoms in total. The lowest BCUT2D eigenvalue weighted by Crippen LogP contribution is -2.37. The molecule has 0 aliphatic rings. The van der Waals surface area contributed by atoms with E-state index in [2.05, 4.69) is 0 Å². The topological polar surface area (TPSA) is 38.7 Å². The standard InChI is InChI=1S/C13H20O3/c1-10(2)13(14,9-15-3)11-7-5-6-8-12(11)16-4/h5-8,10,14H,9H2,1-4H3. The quantitative estimate of drug-likeness (QED) is 0.833. The number of hydrogen-bond donors (Lipinski definition) is 1. The van der Waals surface area contributed by atoms with Crippen LogP contribution in [0.1, 0.15) is 19.4 Å². The summed E-state index contributed by atoms with van der Waals surface area (Å²) < 4.78 is 10.4. The van der Waals surface area contributed by atoms with Crippen LogP contribution in [-0.2, 0) is 10.3 Å². The molecule has 0 saturated heterocycles. The van der Waals surface area contributed by atoms with E-state index in [-0.39, 0.29) is 12.5 Å². The molecule has 0 aliphatic carbocycles. The predicted molar refractivity (Wildman–Crippen MR) is 63.6 cm³/mol. The zero-order valence-electron chi connectivity index (χ0n) is 10.4. The number of hydrogen-bond acceptors (Lipinski definition) is 3. The van der Waals surface area contributed by atoms with E-state index in [1.807, 2.05) is 38.1 Å². The summed E-state index contributed by atoms with van der Waals surface area (Å²) in [6.45, 7) is 4.18. The fourth-order valence-electron chi connectivity index (χ4n) is 1.78. The summed E-state index contributed by atoms with van der Waals surface area (Å²) in [6, 6.07) is 7.49. The van der Waals surface area contributed by atoms with Crippen molar-refractivity contribution in [2.24, 2.45) is 5.92 Å².